The lowest BCUT2D eigenvalue weighted by molar-refractivity contribution is 0.529. The van der Waals surface area contributed by atoms with Crippen LogP contribution < -0.4 is 0 Å². The van der Waals surface area contributed by atoms with Gasteiger partial charge < -0.3 is 0 Å². The molecule has 0 spiro atoms. The molecule has 2 radical (unpaired) electrons. The summed E-state index contributed by atoms with van der Waals surface area (Å²) < 4.78 is 0. The normalized spacial score (nSPS) is 10.7. The first kappa shape index (κ1) is 25.6. The van der Waals surface area contributed by atoms with Gasteiger partial charge in [0.1, 0.15) is 0 Å². The molecule has 0 amide bonds. The number of rotatable bonds is 20. The van der Waals surface area contributed by atoms with Crippen LogP contribution in [-0.2, 0) is 0 Å². The van der Waals surface area contributed by atoms with E-state index in [0.29, 0.717) is 0 Å². The second-order valence-corrected chi connectivity index (χ2v) is 7.92. The minimum atomic E-state index is 1.05. The molecule has 0 heterocycles. The van der Waals surface area contributed by atoms with E-state index >= 15 is 0 Å². The molecule has 0 aromatic rings. The zero-order valence-electron chi connectivity index (χ0n) is 18.0. The summed E-state index contributed by atoms with van der Waals surface area (Å²) in [6, 6.07) is 0. The molecule has 0 fully saturated rings. The minimum Gasteiger partial charge on any atom is -0.103 e. The molecule has 0 bridgehead atoms. The number of hydrogen-bond donors (Lipinski definition) is 0. The van der Waals surface area contributed by atoms with Gasteiger partial charge in [-0.05, 0) is 12.8 Å². The number of unbranched alkanes of at least 4 members (excludes halogenated alkanes) is 20. The molecule has 152 valence electrons. The van der Waals surface area contributed by atoms with E-state index in [-0.39, 0.29) is 0 Å². The molecular weight excluding hydrogens is 312 g/mol. The fourth-order valence-corrected chi connectivity index (χ4v) is 3.43. The van der Waals surface area contributed by atoms with E-state index in [1.807, 2.05) is 0 Å². The summed E-state index contributed by atoms with van der Waals surface area (Å²) in [7, 11) is 0. The molecule has 0 rings (SSSR count). The van der Waals surface area contributed by atoms with Crippen LogP contribution in [0.3, 0.4) is 0 Å². The standard InChI is InChI=1S/C26H48/c1-3-5-7-9-11-13-15-17-19-21-23-25-26-24-22-20-18-16-14-12-10-8-6-4-2/h1-11,13,15-26H2. The van der Waals surface area contributed by atoms with E-state index in [1.165, 1.54) is 116 Å². The van der Waals surface area contributed by atoms with Gasteiger partial charge in [0.15, 0.2) is 0 Å². The van der Waals surface area contributed by atoms with Gasteiger partial charge in [-0.25, -0.2) is 0 Å². The fourth-order valence-electron chi connectivity index (χ4n) is 3.43. The van der Waals surface area contributed by atoms with Crippen LogP contribution in [-0.4, -0.2) is 0 Å². The van der Waals surface area contributed by atoms with Crippen LogP contribution in [0.2, 0.25) is 0 Å². The van der Waals surface area contributed by atoms with Crippen molar-refractivity contribution in [3.8, 4) is 11.8 Å². The molecule has 0 saturated carbocycles. The second kappa shape index (κ2) is 24.6. The first-order valence-electron chi connectivity index (χ1n) is 12.0. The Morgan fingerprint density at radius 1 is 0.308 bits per heavy atom. The van der Waals surface area contributed by atoms with Gasteiger partial charge in [-0.15, -0.1) is 11.8 Å². The Kier molecular flexibility index (Phi) is 24.1. The molecule has 26 heavy (non-hydrogen) atoms. The predicted octanol–water partition coefficient (Wildman–Crippen LogP) is 9.24. The van der Waals surface area contributed by atoms with E-state index in [4.69, 9.17) is 0 Å². The molecule has 0 aromatic carbocycles. The maximum Gasteiger partial charge on any atom is 0.00886 e. The Morgan fingerprint density at radius 2 is 0.538 bits per heavy atom. The molecule has 0 nitrogen and oxygen atoms in total. The Hall–Kier alpha value is -0.440. The van der Waals surface area contributed by atoms with Gasteiger partial charge >= 0.3 is 0 Å². The molecule has 0 heteroatoms. The van der Waals surface area contributed by atoms with Crippen LogP contribution in [0.4, 0.5) is 0 Å². The Bertz CT molecular complexity index is 293. The highest BCUT2D eigenvalue weighted by Gasteiger charge is 1.94. The van der Waals surface area contributed by atoms with Crippen molar-refractivity contribution in [1.82, 2.24) is 0 Å². The van der Waals surface area contributed by atoms with Gasteiger partial charge in [0.25, 0.3) is 0 Å². The van der Waals surface area contributed by atoms with Crippen LogP contribution in [0.25, 0.3) is 0 Å². The van der Waals surface area contributed by atoms with Crippen molar-refractivity contribution in [2.45, 2.75) is 141 Å². The summed E-state index contributed by atoms with van der Waals surface area (Å²) in [4.78, 5) is 0. The van der Waals surface area contributed by atoms with E-state index in [0.717, 1.165) is 25.7 Å². The third-order valence-corrected chi connectivity index (χ3v) is 5.23. The third kappa shape index (κ3) is 23.6. The molecule has 0 unspecified atom stereocenters. The average molecular weight is 361 g/mol. The van der Waals surface area contributed by atoms with Crippen LogP contribution in [0.1, 0.15) is 141 Å². The predicted molar refractivity (Wildman–Crippen MR) is 120 cm³/mol. The summed E-state index contributed by atoms with van der Waals surface area (Å²) in [5.41, 5.74) is 0. The summed E-state index contributed by atoms with van der Waals surface area (Å²) in [5.74, 6) is 6.62. The highest BCUT2D eigenvalue weighted by Crippen LogP contribution is 2.14. The summed E-state index contributed by atoms with van der Waals surface area (Å²) in [6.45, 7) is 7.76. The Labute approximate surface area is 167 Å². The van der Waals surface area contributed by atoms with Crippen molar-refractivity contribution in [3.05, 3.63) is 13.8 Å². The van der Waals surface area contributed by atoms with E-state index in [2.05, 4.69) is 25.7 Å². The third-order valence-electron chi connectivity index (χ3n) is 5.23. The highest BCUT2D eigenvalue weighted by molar-refractivity contribution is 4.98. The first-order chi connectivity index (χ1) is 12.9. The molecule has 0 N–H and O–H groups in total. The fraction of sp³-hybridized carbons (Fsp3) is 0.846. The SMILES string of the molecule is [CH2]CCCCC#CCCCCCCCCCCCCCCCCCC[CH2]. The molecule has 0 saturated heterocycles. The zero-order valence-corrected chi connectivity index (χ0v) is 18.0. The molecule has 0 atom stereocenters. The van der Waals surface area contributed by atoms with Gasteiger partial charge in [0.2, 0.25) is 0 Å². The zero-order chi connectivity index (χ0) is 19.0. The lowest BCUT2D eigenvalue weighted by Crippen LogP contribution is -1.83. The molecule has 0 aliphatic rings. The van der Waals surface area contributed by atoms with Crippen LogP contribution in [0.5, 0.6) is 0 Å². The largest absolute Gasteiger partial charge is 0.103 e. The van der Waals surface area contributed by atoms with Crippen LogP contribution >= 0.6 is 0 Å². The monoisotopic (exact) mass is 360 g/mol. The van der Waals surface area contributed by atoms with Crippen molar-refractivity contribution in [2.75, 3.05) is 0 Å². The van der Waals surface area contributed by atoms with E-state index in [9.17, 15) is 0 Å². The second-order valence-electron chi connectivity index (χ2n) is 7.92. The molecule has 0 aromatic heterocycles. The molecular formula is C26H48. The summed E-state index contributed by atoms with van der Waals surface area (Å²) >= 11 is 0. The topological polar surface area (TPSA) is 0 Å². The van der Waals surface area contributed by atoms with Gasteiger partial charge in [-0.1, -0.05) is 129 Å². The number of hydrogen-bond acceptors (Lipinski definition) is 0. The van der Waals surface area contributed by atoms with Gasteiger partial charge in [0, 0.05) is 12.8 Å². The smallest absolute Gasteiger partial charge is 0.00886 e. The summed E-state index contributed by atoms with van der Waals surface area (Å²) in [5, 5.41) is 0. The lowest BCUT2D eigenvalue weighted by Gasteiger charge is -2.03. The lowest BCUT2D eigenvalue weighted by atomic mass is 10.0. The minimum absolute atomic E-state index is 1.05. The van der Waals surface area contributed by atoms with Gasteiger partial charge in [-0.3, -0.25) is 0 Å². The van der Waals surface area contributed by atoms with Crippen LogP contribution in [0.15, 0.2) is 0 Å². The Morgan fingerprint density at radius 3 is 0.885 bits per heavy atom. The summed E-state index contributed by atoms with van der Waals surface area (Å²) in [6.07, 6.45) is 29.6. The molecule has 0 aliphatic heterocycles. The van der Waals surface area contributed by atoms with E-state index in [1.54, 1.807) is 0 Å². The maximum atomic E-state index is 3.90. The average Bonchev–Trinajstić information content (AvgIpc) is 2.66. The van der Waals surface area contributed by atoms with E-state index < -0.39 is 0 Å². The van der Waals surface area contributed by atoms with Crippen molar-refractivity contribution < 1.29 is 0 Å². The Balaban J connectivity index is 3.03. The van der Waals surface area contributed by atoms with Crippen molar-refractivity contribution in [1.29, 1.82) is 0 Å². The van der Waals surface area contributed by atoms with Gasteiger partial charge in [-0.2, -0.15) is 0 Å². The van der Waals surface area contributed by atoms with Crippen molar-refractivity contribution >= 4 is 0 Å². The molecule has 0 aliphatic carbocycles. The van der Waals surface area contributed by atoms with Crippen molar-refractivity contribution in [3.63, 3.8) is 0 Å². The van der Waals surface area contributed by atoms with Crippen LogP contribution in [0, 0.1) is 25.7 Å². The maximum absolute atomic E-state index is 3.90. The van der Waals surface area contributed by atoms with Gasteiger partial charge in [0.05, 0.1) is 0 Å². The first-order valence-corrected chi connectivity index (χ1v) is 12.0. The quantitative estimate of drug-likeness (QED) is 0.150. The van der Waals surface area contributed by atoms with Crippen molar-refractivity contribution in [2.24, 2.45) is 0 Å². The highest BCUT2D eigenvalue weighted by atomic mass is 14.0.